The first-order valence-corrected chi connectivity index (χ1v) is 7.60. The maximum atomic E-state index is 3.44. The molecule has 1 aliphatic carbocycles. The van der Waals surface area contributed by atoms with E-state index in [0.717, 1.165) is 0 Å². The Labute approximate surface area is 175 Å². The summed E-state index contributed by atoms with van der Waals surface area (Å²) in [5.41, 5.74) is 8.70. The van der Waals surface area contributed by atoms with E-state index < -0.39 is 0 Å². The Kier molecular flexibility index (Phi) is 13.5. The van der Waals surface area contributed by atoms with Crippen LogP contribution in [0.4, 0.5) is 0 Å². The largest absolute Gasteiger partial charge is 4.00 e. The second-order valence-corrected chi connectivity index (χ2v) is 6.93. The van der Waals surface area contributed by atoms with Gasteiger partial charge in [0.15, 0.2) is 0 Å². The summed E-state index contributed by atoms with van der Waals surface area (Å²) in [6.45, 7) is 19.7. The van der Waals surface area contributed by atoms with Crippen LogP contribution in [0.1, 0.15) is 71.1 Å². The summed E-state index contributed by atoms with van der Waals surface area (Å²) < 4.78 is 0. The summed E-state index contributed by atoms with van der Waals surface area (Å²) in [6.07, 6.45) is 3.44. The van der Waals surface area contributed by atoms with Gasteiger partial charge in [-0.2, -0.15) is 33.9 Å². The maximum absolute atomic E-state index is 3.44. The van der Waals surface area contributed by atoms with Gasteiger partial charge in [-0.25, -0.2) is 11.6 Å². The van der Waals surface area contributed by atoms with Crippen LogP contribution in [0.2, 0.25) is 0 Å². The quantitative estimate of drug-likeness (QED) is 0.559. The molecule has 0 amide bonds. The van der Waals surface area contributed by atoms with Crippen molar-refractivity contribution in [3.63, 3.8) is 0 Å². The predicted molar refractivity (Wildman–Crippen MR) is 90.2 cm³/mol. The molecule has 1 aromatic rings. The minimum Gasteiger partial charge on any atom is -1.00 e. The summed E-state index contributed by atoms with van der Waals surface area (Å²) in [6, 6.07) is 4.56. The number of aryl methyl sites for hydroxylation is 2. The monoisotopic (exact) mass is 430 g/mol. The molecule has 0 nitrogen and oxygen atoms in total. The molecular weight excluding hydrogens is 402 g/mol. The number of hydrogen-bond donors (Lipinski definition) is 0. The molecule has 23 heavy (non-hydrogen) atoms. The Morgan fingerprint density at radius 3 is 1.65 bits per heavy atom. The van der Waals surface area contributed by atoms with E-state index in [0.29, 0.717) is 5.92 Å². The number of rotatable bonds is 1. The van der Waals surface area contributed by atoms with Gasteiger partial charge in [-0.15, -0.1) is 6.92 Å². The zero-order valence-electron chi connectivity index (χ0n) is 16.0. The summed E-state index contributed by atoms with van der Waals surface area (Å²) in [7, 11) is 0. The minimum atomic E-state index is 0. The van der Waals surface area contributed by atoms with Crippen LogP contribution >= 0.6 is 0 Å². The zero-order chi connectivity index (χ0) is 15.7. The van der Waals surface area contributed by atoms with Gasteiger partial charge in [0.2, 0.25) is 0 Å². The number of hydrogen-bond acceptors (Lipinski definition) is 0. The second kappa shape index (κ2) is 11.0. The first-order chi connectivity index (χ1) is 9.06. The fourth-order valence-electron chi connectivity index (χ4n) is 2.51. The average molecular weight is 433 g/mol. The standard InChI is InChI=1S/2C10H15.2ClH.Zr/c1-7-6-10(4,5)9(3)8(7)2;1-7(2)10-5-8(3)9(4)6-10;;;/h1-5H3;5-7H,1-4H3;2*1H;/q2*-1;;;+4/p-2. The molecule has 2 rings (SSSR count). The van der Waals surface area contributed by atoms with Gasteiger partial charge in [-0.3, -0.25) is 6.08 Å². The molecule has 0 unspecified atom stereocenters. The van der Waals surface area contributed by atoms with E-state index in [4.69, 9.17) is 0 Å². The third-order valence-corrected chi connectivity index (χ3v) is 4.62. The van der Waals surface area contributed by atoms with Crippen LogP contribution < -0.4 is 24.8 Å². The topological polar surface area (TPSA) is 0 Å². The SMILES string of the molecule is CC1=[C-]C(C)(C)C(C)=C1C.Cc1cc(C(C)C)c[c-]1C.[Cl-].[Cl-].[Zr+4]. The van der Waals surface area contributed by atoms with E-state index in [9.17, 15) is 0 Å². The van der Waals surface area contributed by atoms with Gasteiger partial charge >= 0.3 is 26.2 Å². The molecule has 0 radical (unpaired) electrons. The molecule has 0 spiro atoms. The summed E-state index contributed by atoms with van der Waals surface area (Å²) in [5, 5.41) is 0. The van der Waals surface area contributed by atoms with Gasteiger partial charge in [0.1, 0.15) is 0 Å². The van der Waals surface area contributed by atoms with Gasteiger partial charge in [0, 0.05) is 0 Å². The average Bonchev–Trinajstić information content (AvgIpc) is 2.75. The molecule has 0 aromatic heterocycles. The summed E-state index contributed by atoms with van der Waals surface area (Å²) in [5.74, 6) is 0.674. The predicted octanol–water partition coefficient (Wildman–Crippen LogP) is 0.263. The smallest absolute Gasteiger partial charge is 1.00 e. The van der Waals surface area contributed by atoms with E-state index in [2.05, 4.69) is 80.5 Å². The van der Waals surface area contributed by atoms with Crippen molar-refractivity contribution in [2.45, 2.75) is 68.2 Å². The maximum Gasteiger partial charge on any atom is 4.00 e. The molecule has 1 aromatic carbocycles. The molecule has 1 aliphatic rings. The Morgan fingerprint density at radius 1 is 1.04 bits per heavy atom. The van der Waals surface area contributed by atoms with E-state index in [1.807, 2.05) is 0 Å². The van der Waals surface area contributed by atoms with Gasteiger partial charge in [-0.1, -0.05) is 66.7 Å². The third kappa shape index (κ3) is 7.37. The summed E-state index contributed by atoms with van der Waals surface area (Å²) in [4.78, 5) is 0. The Hall–Kier alpha value is 0.293. The zero-order valence-corrected chi connectivity index (χ0v) is 20.0. The van der Waals surface area contributed by atoms with Crippen molar-refractivity contribution >= 4 is 0 Å². The first-order valence-electron chi connectivity index (χ1n) is 7.60. The second-order valence-electron chi connectivity index (χ2n) is 6.93. The van der Waals surface area contributed by atoms with Crippen LogP contribution in [0, 0.1) is 25.3 Å². The van der Waals surface area contributed by atoms with Gasteiger partial charge in [0.25, 0.3) is 0 Å². The number of allylic oxidation sites excluding steroid dienone is 4. The van der Waals surface area contributed by atoms with E-state index in [1.54, 1.807) is 0 Å². The van der Waals surface area contributed by atoms with Crippen LogP contribution in [-0.4, -0.2) is 0 Å². The first kappa shape index (κ1) is 28.1. The van der Waals surface area contributed by atoms with Crippen LogP contribution in [0.3, 0.4) is 0 Å². The van der Waals surface area contributed by atoms with Crippen LogP contribution in [-0.2, 0) is 26.2 Å². The Morgan fingerprint density at radius 2 is 1.52 bits per heavy atom. The fraction of sp³-hybridized carbons (Fsp3) is 0.550. The van der Waals surface area contributed by atoms with Crippen molar-refractivity contribution in [3.8, 4) is 0 Å². The Bertz CT molecular complexity index is 526. The van der Waals surface area contributed by atoms with Crippen molar-refractivity contribution in [2.24, 2.45) is 5.41 Å². The molecule has 0 saturated carbocycles. The van der Waals surface area contributed by atoms with E-state index in [1.165, 1.54) is 33.4 Å². The van der Waals surface area contributed by atoms with Crippen molar-refractivity contribution in [3.05, 3.63) is 51.6 Å². The molecular formula is C20H30Cl2Zr. The third-order valence-electron chi connectivity index (χ3n) is 4.62. The van der Waals surface area contributed by atoms with E-state index >= 15 is 0 Å². The Balaban J connectivity index is -0.000000308. The van der Waals surface area contributed by atoms with Crippen LogP contribution in [0.25, 0.3) is 0 Å². The summed E-state index contributed by atoms with van der Waals surface area (Å²) >= 11 is 0. The van der Waals surface area contributed by atoms with Gasteiger partial charge in [-0.05, 0) is 0 Å². The van der Waals surface area contributed by atoms with Crippen molar-refractivity contribution in [1.29, 1.82) is 0 Å². The molecule has 0 bridgehead atoms. The van der Waals surface area contributed by atoms with Gasteiger partial charge in [0.05, 0.1) is 0 Å². The van der Waals surface area contributed by atoms with Crippen molar-refractivity contribution < 1.29 is 51.0 Å². The van der Waals surface area contributed by atoms with Gasteiger partial charge < -0.3 is 24.8 Å². The van der Waals surface area contributed by atoms with Crippen molar-refractivity contribution in [2.75, 3.05) is 0 Å². The molecule has 0 atom stereocenters. The molecule has 0 saturated heterocycles. The van der Waals surface area contributed by atoms with Crippen LogP contribution in [0.5, 0.6) is 0 Å². The molecule has 128 valence electrons. The molecule has 3 heteroatoms. The molecule has 0 fully saturated rings. The van der Waals surface area contributed by atoms with Crippen LogP contribution in [0.15, 0.2) is 28.9 Å². The normalized spacial score (nSPS) is 15.0. The molecule has 0 N–H and O–H groups in total. The number of halogens is 2. The molecule has 0 heterocycles. The fourth-order valence-corrected chi connectivity index (χ4v) is 2.51. The minimum absolute atomic E-state index is 0. The van der Waals surface area contributed by atoms with Crippen molar-refractivity contribution in [1.82, 2.24) is 0 Å². The van der Waals surface area contributed by atoms with E-state index in [-0.39, 0.29) is 56.4 Å². The molecule has 0 aliphatic heterocycles.